The maximum absolute atomic E-state index is 12.3. The predicted molar refractivity (Wildman–Crippen MR) is 77.7 cm³/mol. The number of halogens is 1. The second kappa shape index (κ2) is 5.31. The zero-order valence-corrected chi connectivity index (χ0v) is 12.7. The molecule has 1 aromatic carbocycles. The quantitative estimate of drug-likeness (QED) is 0.821. The lowest BCUT2D eigenvalue weighted by molar-refractivity contribution is 0.529. The van der Waals surface area contributed by atoms with Crippen molar-refractivity contribution in [2.45, 2.75) is 44.0 Å². The lowest BCUT2D eigenvalue weighted by atomic mass is 10.2. The van der Waals surface area contributed by atoms with Gasteiger partial charge < -0.3 is 5.73 Å². The second-order valence-corrected chi connectivity index (χ2v) is 7.44. The lowest BCUT2D eigenvalue weighted by Crippen LogP contribution is -2.33. The van der Waals surface area contributed by atoms with Crippen LogP contribution in [0.3, 0.4) is 0 Å². The minimum atomic E-state index is -3.57. The van der Waals surface area contributed by atoms with Crippen molar-refractivity contribution in [1.82, 2.24) is 4.72 Å². The first-order valence-corrected chi connectivity index (χ1v) is 8.23. The van der Waals surface area contributed by atoms with Crippen LogP contribution in [0.1, 0.15) is 31.7 Å². The molecule has 0 aromatic heterocycles. The second-order valence-electron chi connectivity index (χ2n) is 5.32. The molecular weight excluding hydrogens is 284 g/mol. The van der Waals surface area contributed by atoms with Crippen LogP contribution in [-0.2, 0) is 10.0 Å². The summed E-state index contributed by atoms with van der Waals surface area (Å²) in [5, 5.41) is 0.332. The van der Waals surface area contributed by atoms with Crippen molar-refractivity contribution in [2.75, 3.05) is 5.73 Å². The molecule has 1 fully saturated rings. The van der Waals surface area contributed by atoms with Gasteiger partial charge >= 0.3 is 0 Å². The highest BCUT2D eigenvalue weighted by atomic mass is 35.5. The van der Waals surface area contributed by atoms with E-state index in [-0.39, 0.29) is 10.9 Å². The molecule has 1 aromatic rings. The molecule has 19 heavy (non-hydrogen) atoms. The van der Waals surface area contributed by atoms with Crippen molar-refractivity contribution in [3.63, 3.8) is 0 Å². The summed E-state index contributed by atoms with van der Waals surface area (Å²) in [6.07, 6.45) is 3.29. The van der Waals surface area contributed by atoms with E-state index in [2.05, 4.69) is 4.72 Å². The molecule has 1 saturated carbocycles. The molecule has 0 bridgehead atoms. The van der Waals surface area contributed by atoms with Crippen molar-refractivity contribution >= 4 is 27.3 Å². The Morgan fingerprint density at radius 3 is 2.68 bits per heavy atom. The van der Waals surface area contributed by atoms with E-state index in [0.717, 1.165) is 6.42 Å². The molecule has 0 amide bonds. The van der Waals surface area contributed by atoms with E-state index in [0.29, 0.717) is 22.2 Å². The number of hydrogen-bond donors (Lipinski definition) is 2. The lowest BCUT2D eigenvalue weighted by Gasteiger charge is -2.16. The first-order valence-electron chi connectivity index (χ1n) is 6.37. The normalized spacial score (nSPS) is 17.4. The highest BCUT2D eigenvalue weighted by Gasteiger charge is 2.27. The van der Waals surface area contributed by atoms with Crippen LogP contribution in [0, 0.1) is 12.8 Å². The Morgan fingerprint density at radius 1 is 1.47 bits per heavy atom. The molecule has 1 aliphatic rings. The Hall–Kier alpha value is -0.780. The molecule has 2 rings (SSSR count). The summed E-state index contributed by atoms with van der Waals surface area (Å²) in [7, 11) is -3.57. The average molecular weight is 303 g/mol. The number of nitrogens with two attached hydrogens (primary N) is 1. The van der Waals surface area contributed by atoms with Crippen LogP contribution in [-0.4, -0.2) is 14.5 Å². The summed E-state index contributed by atoms with van der Waals surface area (Å²) in [6.45, 7) is 3.57. The molecule has 1 aliphatic carbocycles. The van der Waals surface area contributed by atoms with Gasteiger partial charge in [-0.15, -0.1) is 0 Å². The number of nitrogen functional groups attached to an aromatic ring is 1. The van der Waals surface area contributed by atoms with Crippen molar-refractivity contribution in [1.29, 1.82) is 0 Å². The number of rotatable bonds is 5. The summed E-state index contributed by atoms with van der Waals surface area (Å²) >= 11 is 5.89. The molecule has 6 heteroatoms. The summed E-state index contributed by atoms with van der Waals surface area (Å²) in [5.41, 5.74) is 6.69. The van der Waals surface area contributed by atoms with Crippen LogP contribution in [0.15, 0.2) is 17.0 Å². The molecule has 0 heterocycles. The van der Waals surface area contributed by atoms with E-state index in [4.69, 9.17) is 17.3 Å². The molecule has 0 spiro atoms. The van der Waals surface area contributed by atoms with E-state index in [1.807, 2.05) is 6.92 Å². The van der Waals surface area contributed by atoms with Gasteiger partial charge in [-0.05, 0) is 43.9 Å². The van der Waals surface area contributed by atoms with Gasteiger partial charge in [-0.3, -0.25) is 0 Å². The smallest absolute Gasteiger partial charge is 0.241 e. The Bertz CT molecular complexity index is 583. The number of anilines is 1. The molecule has 0 saturated heterocycles. The fourth-order valence-corrected chi connectivity index (χ4v) is 4.03. The van der Waals surface area contributed by atoms with Crippen molar-refractivity contribution < 1.29 is 8.42 Å². The van der Waals surface area contributed by atoms with E-state index in [1.165, 1.54) is 18.9 Å². The van der Waals surface area contributed by atoms with Gasteiger partial charge in [0.25, 0.3) is 0 Å². The van der Waals surface area contributed by atoms with Crippen LogP contribution in [0.4, 0.5) is 5.69 Å². The zero-order chi connectivity index (χ0) is 14.2. The minimum Gasteiger partial charge on any atom is -0.398 e. The molecular formula is C13H19ClN2O2S. The largest absolute Gasteiger partial charge is 0.398 e. The molecule has 3 N–H and O–H groups in total. The number of hydrogen-bond acceptors (Lipinski definition) is 3. The summed E-state index contributed by atoms with van der Waals surface area (Å²) in [6, 6.07) is 2.93. The first-order chi connectivity index (χ1) is 8.79. The Kier molecular flexibility index (Phi) is 4.08. The Balaban J connectivity index is 2.23. The first kappa shape index (κ1) is 14.6. The minimum absolute atomic E-state index is 0.0721. The topological polar surface area (TPSA) is 72.2 Å². The van der Waals surface area contributed by atoms with Gasteiger partial charge in [0, 0.05) is 16.8 Å². The monoisotopic (exact) mass is 302 g/mol. The predicted octanol–water partition coefficient (Wildman–Crippen LogP) is 2.70. The Labute approximate surface area is 119 Å². The molecule has 1 atom stereocenters. The number of benzene rings is 1. The van der Waals surface area contributed by atoms with Crippen LogP contribution in [0.2, 0.25) is 5.02 Å². The van der Waals surface area contributed by atoms with Crippen molar-refractivity contribution in [3.05, 3.63) is 22.7 Å². The summed E-state index contributed by atoms with van der Waals surface area (Å²) in [5.74, 6) is 0.670. The van der Waals surface area contributed by atoms with Gasteiger partial charge in [0.15, 0.2) is 0 Å². The zero-order valence-electron chi connectivity index (χ0n) is 11.1. The third-order valence-corrected chi connectivity index (χ3v) is 5.33. The van der Waals surface area contributed by atoms with Crippen LogP contribution < -0.4 is 10.5 Å². The van der Waals surface area contributed by atoms with Gasteiger partial charge in [-0.2, -0.15) is 0 Å². The number of nitrogens with one attached hydrogen (secondary N) is 1. The van der Waals surface area contributed by atoms with E-state index in [9.17, 15) is 8.42 Å². The van der Waals surface area contributed by atoms with Crippen molar-refractivity contribution in [2.24, 2.45) is 5.92 Å². The van der Waals surface area contributed by atoms with Gasteiger partial charge in [-0.1, -0.05) is 24.4 Å². The standard InChI is InChI=1S/C13H19ClN2O2S/c1-8(5-10-3-4-10)16-19(17,18)13-7-11(14)6-12(15)9(13)2/h6-8,10,16H,3-5,15H2,1-2H3. The van der Waals surface area contributed by atoms with Gasteiger partial charge in [0.2, 0.25) is 10.0 Å². The highest BCUT2D eigenvalue weighted by molar-refractivity contribution is 7.89. The summed E-state index contributed by atoms with van der Waals surface area (Å²) < 4.78 is 27.4. The third kappa shape index (κ3) is 3.61. The van der Waals surface area contributed by atoms with Crippen LogP contribution in [0.5, 0.6) is 0 Å². The maximum atomic E-state index is 12.3. The van der Waals surface area contributed by atoms with Crippen molar-refractivity contribution in [3.8, 4) is 0 Å². The van der Waals surface area contributed by atoms with E-state index in [1.54, 1.807) is 13.0 Å². The fourth-order valence-electron chi connectivity index (χ4n) is 2.18. The molecule has 0 aliphatic heterocycles. The van der Waals surface area contributed by atoms with Gasteiger partial charge in [0.05, 0.1) is 4.90 Å². The van der Waals surface area contributed by atoms with Crippen LogP contribution >= 0.6 is 11.6 Å². The Morgan fingerprint density at radius 2 is 2.11 bits per heavy atom. The van der Waals surface area contributed by atoms with Gasteiger partial charge in [0.1, 0.15) is 0 Å². The van der Waals surface area contributed by atoms with Gasteiger partial charge in [-0.25, -0.2) is 13.1 Å². The van der Waals surface area contributed by atoms with E-state index >= 15 is 0 Å². The maximum Gasteiger partial charge on any atom is 0.241 e. The summed E-state index contributed by atoms with van der Waals surface area (Å²) in [4.78, 5) is 0.167. The molecule has 4 nitrogen and oxygen atoms in total. The molecule has 1 unspecified atom stereocenters. The SMILES string of the molecule is Cc1c(N)cc(Cl)cc1S(=O)(=O)NC(C)CC1CC1. The average Bonchev–Trinajstić information content (AvgIpc) is 3.05. The third-order valence-electron chi connectivity index (χ3n) is 3.39. The van der Waals surface area contributed by atoms with E-state index < -0.39 is 10.0 Å². The molecule has 106 valence electrons. The fraction of sp³-hybridized carbons (Fsp3) is 0.538. The highest BCUT2D eigenvalue weighted by Crippen LogP contribution is 2.34. The molecule has 0 radical (unpaired) electrons. The van der Waals surface area contributed by atoms with Crippen LogP contribution in [0.25, 0.3) is 0 Å². The number of sulfonamides is 1.